The van der Waals surface area contributed by atoms with E-state index in [2.05, 4.69) is 15.6 Å². The van der Waals surface area contributed by atoms with Crippen LogP contribution in [0.15, 0.2) is 29.0 Å². The molecule has 1 aliphatic heterocycles. The molecule has 0 spiro atoms. The molecule has 1 heterocycles. The average Bonchev–Trinajstić information content (AvgIpc) is 2.33. The molecule has 1 unspecified atom stereocenters. The zero-order valence-corrected chi connectivity index (χ0v) is 11.6. The third-order valence-corrected chi connectivity index (χ3v) is 3.49. The van der Waals surface area contributed by atoms with Gasteiger partial charge in [-0.3, -0.25) is 0 Å². The van der Waals surface area contributed by atoms with Crippen LogP contribution in [0.25, 0.3) is 0 Å². The number of aliphatic imine (C=N–C) groups is 1. The third-order valence-electron chi connectivity index (χ3n) is 2.77. The van der Waals surface area contributed by atoms with Crippen molar-refractivity contribution in [2.75, 3.05) is 7.05 Å². The first-order valence-corrected chi connectivity index (χ1v) is 6.22. The molecule has 1 aromatic carbocycles. The lowest BCUT2D eigenvalue weighted by Crippen LogP contribution is -2.38. The molecule has 6 heteroatoms. The van der Waals surface area contributed by atoms with E-state index in [0.29, 0.717) is 16.0 Å². The highest BCUT2D eigenvalue weighted by atomic mass is 35.5. The fourth-order valence-electron chi connectivity index (χ4n) is 1.86. The van der Waals surface area contributed by atoms with Crippen LogP contribution >= 0.6 is 23.2 Å². The van der Waals surface area contributed by atoms with Crippen LogP contribution in [-0.4, -0.2) is 13.0 Å². The fraction of sp³-hybridized carbons (Fsp3) is 0.250. The van der Waals surface area contributed by atoms with Crippen molar-refractivity contribution in [2.45, 2.75) is 13.0 Å². The number of nitrogens with zero attached hydrogens (tertiary/aromatic N) is 1. The number of rotatable bonds is 2. The summed E-state index contributed by atoms with van der Waals surface area (Å²) in [5.74, 6) is 1.10. The molecule has 4 nitrogen and oxygen atoms in total. The summed E-state index contributed by atoms with van der Waals surface area (Å²) < 4.78 is 0. The smallest absolute Gasteiger partial charge is 0.195 e. The monoisotopic (exact) mass is 284 g/mol. The molecule has 2 rings (SSSR count). The van der Waals surface area contributed by atoms with E-state index < -0.39 is 0 Å². The summed E-state index contributed by atoms with van der Waals surface area (Å²) in [6, 6.07) is 3.62. The first kappa shape index (κ1) is 13.1. The predicted molar refractivity (Wildman–Crippen MR) is 75.8 cm³/mol. The Balaban J connectivity index is 2.41. The number of nitrogens with one attached hydrogen (secondary N) is 2. The first-order chi connectivity index (χ1) is 8.51. The second-order valence-corrected chi connectivity index (χ2v) is 4.86. The SMILES string of the molecule is CNC1=CC(c2cc(Cl)c(Cl)cc2C)NC(N)=N1. The Hall–Kier alpha value is -1.39. The van der Waals surface area contributed by atoms with Crippen LogP contribution in [0.5, 0.6) is 0 Å². The topological polar surface area (TPSA) is 62.4 Å². The van der Waals surface area contributed by atoms with E-state index >= 15 is 0 Å². The van der Waals surface area contributed by atoms with Crippen LogP contribution < -0.4 is 16.4 Å². The van der Waals surface area contributed by atoms with Crippen molar-refractivity contribution in [3.63, 3.8) is 0 Å². The molecule has 4 N–H and O–H groups in total. The zero-order valence-electron chi connectivity index (χ0n) is 10.1. The molecule has 96 valence electrons. The van der Waals surface area contributed by atoms with Gasteiger partial charge in [-0.15, -0.1) is 0 Å². The number of nitrogens with two attached hydrogens (primary N) is 1. The van der Waals surface area contributed by atoms with Crippen LogP contribution in [0, 0.1) is 6.92 Å². The van der Waals surface area contributed by atoms with Crippen LogP contribution in [0.1, 0.15) is 17.2 Å². The predicted octanol–water partition coefficient (Wildman–Crippen LogP) is 2.32. The third kappa shape index (κ3) is 2.54. The van der Waals surface area contributed by atoms with Gasteiger partial charge in [0.2, 0.25) is 0 Å². The molecule has 1 aliphatic rings. The molecular weight excluding hydrogens is 271 g/mol. The van der Waals surface area contributed by atoms with Crippen molar-refractivity contribution in [3.05, 3.63) is 45.2 Å². The lowest BCUT2D eigenvalue weighted by atomic mass is 10.0. The van der Waals surface area contributed by atoms with Gasteiger partial charge in [-0.1, -0.05) is 23.2 Å². The Bertz CT molecular complexity index is 537. The number of hydrogen-bond donors (Lipinski definition) is 3. The number of halogens is 2. The van der Waals surface area contributed by atoms with Crippen LogP contribution in [0.4, 0.5) is 0 Å². The molecule has 0 saturated heterocycles. The van der Waals surface area contributed by atoms with E-state index in [9.17, 15) is 0 Å². The molecule has 0 aromatic heterocycles. The Kier molecular flexibility index (Phi) is 3.68. The van der Waals surface area contributed by atoms with Gasteiger partial charge in [0.15, 0.2) is 5.96 Å². The second-order valence-electron chi connectivity index (χ2n) is 4.04. The van der Waals surface area contributed by atoms with Gasteiger partial charge in [0.05, 0.1) is 16.1 Å². The summed E-state index contributed by atoms with van der Waals surface area (Å²) in [5.41, 5.74) is 7.81. The van der Waals surface area contributed by atoms with Crippen molar-refractivity contribution in [2.24, 2.45) is 10.7 Å². The van der Waals surface area contributed by atoms with E-state index in [1.54, 1.807) is 7.05 Å². The largest absolute Gasteiger partial charge is 0.373 e. The highest BCUT2D eigenvalue weighted by Gasteiger charge is 2.18. The van der Waals surface area contributed by atoms with E-state index in [4.69, 9.17) is 28.9 Å². The zero-order chi connectivity index (χ0) is 13.3. The van der Waals surface area contributed by atoms with Gasteiger partial charge in [0, 0.05) is 7.05 Å². The lowest BCUT2D eigenvalue weighted by molar-refractivity contribution is 0.732. The number of hydrogen-bond acceptors (Lipinski definition) is 4. The standard InChI is InChI=1S/C12H14Cl2N4/c1-6-3-8(13)9(14)4-7(6)10-5-11(16-2)18-12(15)17-10/h3-5,10,16H,1-2H3,(H3,15,17,18). The molecule has 0 bridgehead atoms. The van der Waals surface area contributed by atoms with E-state index in [1.807, 2.05) is 25.1 Å². The summed E-state index contributed by atoms with van der Waals surface area (Å²) >= 11 is 12.0. The summed E-state index contributed by atoms with van der Waals surface area (Å²) in [6.45, 7) is 1.98. The molecule has 0 aliphatic carbocycles. The average molecular weight is 285 g/mol. The minimum atomic E-state index is -0.0697. The number of guanidine groups is 1. The Morgan fingerprint density at radius 3 is 2.67 bits per heavy atom. The second kappa shape index (κ2) is 5.08. The van der Waals surface area contributed by atoms with Crippen LogP contribution in [0.3, 0.4) is 0 Å². The highest BCUT2D eigenvalue weighted by molar-refractivity contribution is 6.42. The minimum Gasteiger partial charge on any atom is -0.373 e. The van der Waals surface area contributed by atoms with Gasteiger partial charge in [0.1, 0.15) is 5.82 Å². The lowest BCUT2D eigenvalue weighted by Gasteiger charge is -2.23. The van der Waals surface area contributed by atoms with Crippen molar-refractivity contribution >= 4 is 29.2 Å². The summed E-state index contributed by atoms with van der Waals surface area (Å²) in [5, 5.41) is 7.14. The minimum absolute atomic E-state index is 0.0697. The van der Waals surface area contributed by atoms with Gasteiger partial charge < -0.3 is 16.4 Å². The van der Waals surface area contributed by atoms with E-state index in [-0.39, 0.29) is 6.04 Å². The molecular formula is C12H14Cl2N4. The molecule has 0 fully saturated rings. The van der Waals surface area contributed by atoms with Crippen LogP contribution in [-0.2, 0) is 0 Å². The number of aryl methyl sites for hydroxylation is 1. The van der Waals surface area contributed by atoms with Gasteiger partial charge in [0.25, 0.3) is 0 Å². The summed E-state index contributed by atoms with van der Waals surface area (Å²) in [4.78, 5) is 4.12. The van der Waals surface area contributed by atoms with E-state index in [0.717, 1.165) is 16.9 Å². The van der Waals surface area contributed by atoms with E-state index in [1.165, 1.54) is 0 Å². The van der Waals surface area contributed by atoms with Crippen molar-refractivity contribution in [1.29, 1.82) is 0 Å². The summed E-state index contributed by atoms with van der Waals surface area (Å²) in [6.07, 6.45) is 1.95. The molecule has 0 saturated carbocycles. The molecule has 0 radical (unpaired) electrons. The quantitative estimate of drug-likeness (QED) is 0.781. The Morgan fingerprint density at radius 2 is 2.00 bits per heavy atom. The van der Waals surface area contributed by atoms with Gasteiger partial charge in [-0.2, -0.15) is 4.99 Å². The Morgan fingerprint density at radius 1 is 1.33 bits per heavy atom. The molecule has 0 amide bonds. The normalized spacial score (nSPS) is 18.8. The molecule has 1 aromatic rings. The van der Waals surface area contributed by atoms with Gasteiger partial charge in [-0.25, -0.2) is 0 Å². The van der Waals surface area contributed by atoms with Crippen LogP contribution in [0.2, 0.25) is 10.0 Å². The molecule has 18 heavy (non-hydrogen) atoms. The fourth-order valence-corrected chi connectivity index (χ4v) is 2.25. The summed E-state index contributed by atoms with van der Waals surface area (Å²) in [7, 11) is 1.80. The first-order valence-electron chi connectivity index (χ1n) is 5.47. The van der Waals surface area contributed by atoms with Gasteiger partial charge >= 0.3 is 0 Å². The molecule has 1 atom stereocenters. The maximum absolute atomic E-state index is 6.05. The van der Waals surface area contributed by atoms with Crippen molar-refractivity contribution < 1.29 is 0 Å². The van der Waals surface area contributed by atoms with Crippen molar-refractivity contribution in [1.82, 2.24) is 10.6 Å². The Labute approximate surface area is 116 Å². The maximum Gasteiger partial charge on any atom is 0.195 e. The van der Waals surface area contributed by atoms with Gasteiger partial charge in [-0.05, 0) is 36.3 Å². The number of benzene rings is 1. The highest BCUT2D eigenvalue weighted by Crippen LogP contribution is 2.30. The maximum atomic E-state index is 6.05. The van der Waals surface area contributed by atoms with Crippen molar-refractivity contribution in [3.8, 4) is 0 Å².